The van der Waals surface area contributed by atoms with Crippen LogP contribution in [0.4, 0.5) is 0 Å². The van der Waals surface area contributed by atoms with Crippen LogP contribution in [0.25, 0.3) is 0 Å². The number of benzene rings is 1. The van der Waals surface area contributed by atoms with Crippen LogP contribution in [0.2, 0.25) is 10.0 Å². The molecule has 0 bridgehead atoms. The van der Waals surface area contributed by atoms with Crippen LogP contribution in [0.1, 0.15) is 36.7 Å². The number of halogens is 3. The summed E-state index contributed by atoms with van der Waals surface area (Å²) in [4.78, 5) is 9.55. The highest BCUT2D eigenvalue weighted by atomic mass is 79.9. The molecule has 0 fully saturated rings. The monoisotopic (exact) mass is 470 g/mol. The summed E-state index contributed by atoms with van der Waals surface area (Å²) in [6, 6.07) is 5.49. The van der Waals surface area contributed by atoms with Gasteiger partial charge in [-0.15, -0.1) is 0 Å². The fourth-order valence-corrected chi connectivity index (χ4v) is 5.09. The Morgan fingerprint density at radius 3 is 2.46 bits per heavy atom. The van der Waals surface area contributed by atoms with Gasteiger partial charge in [0.25, 0.3) is 0 Å². The van der Waals surface area contributed by atoms with Crippen molar-refractivity contribution in [3.8, 4) is 0 Å². The molecular formula is C18H17BrCl2N4S. The van der Waals surface area contributed by atoms with Crippen LogP contribution >= 0.6 is 50.9 Å². The lowest BCUT2D eigenvalue weighted by atomic mass is 9.86. The first-order chi connectivity index (χ1) is 12.4. The van der Waals surface area contributed by atoms with Crippen molar-refractivity contribution in [1.82, 2.24) is 20.2 Å². The average molecular weight is 472 g/mol. The first-order valence-electron chi connectivity index (χ1n) is 8.01. The minimum absolute atomic E-state index is 0.0725. The van der Waals surface area contributed by atoms with Gasteiger partial charge in [0.2, 0.25) is 0 Å². The Bertz CT molecular complexity index is 909. The first-order valence-corrected chi connectivity index (χ1v) is 10.4. The molecule has 8 heteroatoms. The van der Waals surface area contributed by atoms with Crippen molar-refractivity contribution in [3.63, 3.8) is 0 Å². The second-order valence-electron chi connectivity index (χ2n) is 6.25. The van der Waals surface area contributed by atoms with Crippen LogP contribution in [-0.2, 0) is 0 Å². The summed E-state index contributed by atoms with van der Waals surface area (Å²) < 4.78 is 0.890. The van der Waals surface area contributed by atoms with E-state index in [1.54, 1.807) is 18.6 Å². The molecule has 0 aliphatic rings. The molecule has 0 saturated carbocycles. The van der Waals surface area contributed by atoms with Crippen molar-refractivity contribution >= 4 is 50.9 Å². The lowest BCUT2D eigenvalue weighted by Gasteiger charge is -2.22. The van der Waals surface area contributed by atoms with E-state index in [-0.39, 0.29) is 5.92 Å². The van der Waals surface area contributed by atoms with Crippen molar-refractivity contribution in [1.29, 1.82) is 0 Å². The molecule has 0 saturated heterocycles. The Balaban J connectivity index is 2.07. The zero-order valence-corrected chi connectivity index (χ0v) is 18.3. The Labute approximate surface area is 175 Å². The third kappa shape index (κ3) is 4.25. The van der Waals surface area contributed by atoms with E-state index in [1.807, 2.05) is 19.1 Å². The van der Waals surface area contributed by atoms with Crippen molar-refractivity contribution in [2.45, 2.75) is 36.6 Å². The number of aromatic nitrogens is 4. The number of hydrogen-bond donors (Lipinski definition) is 1. The van der Waals surface area contributed by atoms with Crippen LogP contribution in [0.3, 0.4) is 0 Å². The second kappa shape index (κ2) is 8.30. The van der Waals surface area contributed by atoms with Crippen LogP contribution in [0, 0.1) is 12.8 Å². The lowest BCUT2D eigenvalue weighted by molar-refractivity contribution is 0.540. The van der Waals surface area contributed by atoms with Gasteiger partial charge in [0.1, 0.15) is 11.4 Å². The molecular weight excluding hydrogens is 455 g/mol. The van der Waals surface area contributed by atoms with Gasteiger partial charge in [-0.25, -0.2) is 9.97 Å². The fourth-order valence-electron chi connectivity index (χ4n) is 2.90. The average Bonchev–Trinajstić information content (AvgIpc) is 2.89. The summed E-state index contributed by atoms with van der Waals surface area (Å²) in [5.74, 6) is 0.392. The zero-order chi connectivity index (χ0) is 18.8. The van der Waals surface area contributed by atoms with Gasteiger partial charge in [-0.05, 0) is 47.0 Å². The summed E-state index contributed by atoms with van der Waals surface area (Å²) in [7, 11) is 0. The number of nitrogens with one attached hydrogen (secondary N) is 1. The van der Waals surface area contributed by atoms with Gasteiger partial charge in [0, 0.05) is 38.3 Å². The lowest BCUT2D eigenvalue weighted by Crippen LogP contribution is -2.13. The molecule has 0 spiro atoms. The Morgan fingerprint density at radius 2 is 1.85 bits per heavy atom. The molecule has 136 valence electrons. The SMILES string of the molecule is Cc1[nH]nc(Sc2cc(Cl)cc(Cl)c2)c1C(c1ncncc1Br)C(C)C. The molecule has 0 radical (unpaired) electrons. The number of aryl methyl sites for hydroxylation is 1. The topological polar surface area (TPSA) is 54.5 Å². The maximum atomic E-state index is 6.14. The molecule has 0 amide bonds. The summed E-state index contributed by atoms with van der Waals surface area (Å²) in [5.41, 5.74) is 3.09. The van der Waals surface area contributed by atoms with Crippen molar-refractivity contribution < 1.29 is 0 Å². The second-order valence-corrected chi connectivity index (χ2v) is 9.04. The molecule has 1 aromatic carbocycles. The standard InChI is InChI=1S/C18H17BrCl2N4S/c1-9(2)15(17-14(19)7-22-8-23-17)16-10(3)24-25-18(16)26-13-5-11(20)4-12(21)6-13/h4-9,15H,1-3H3,(H,24,25). The zero-order valence-electron chi connectivity index (χ0n) is 14.4. The molecule has 3 rings (SSSR count). The smallest absolute Gasteiger partial charge is 0.127 e. The summed E-state index contributed by atoms with van der Waals surface area (Å²) in [6.45, 7) is 6.38. The largest absolute Gasteiger partial charge is 0.281 e. The number of rotatable bonds is 5. The van der Waals surface area contributed by atoms with Crippen molar-refractivity contribution in [3.05, 3.63) is 62.2 Å². The first kappa shape index (κ1) is 19.7. The summed E-state index contributed by atoms with van der Waals surface area (Å²) in [5, 5.41) is 9.74. The Kier molecular flexibility index (Phi) is 6.28. The van der Waals surface area contributed by atoms with E-state index in [0.717, 1.165) is 31.3 Å². The summed E-state index contributed by atoms with van der Waals surface area (Å²) >= 11 is 17.4. The van der Waals surface area contributed by atoms with E-state index in [2.05, 4.69) is 49.9 Å². The third-order valence-corrected chi connectivity index (χ3v) is 6.00. The molecule has 26 heavy (non-hydrogen) atoms. The molecule has 0 aliphatic heterocycles. The highest BCUT2D eigenvalue weighted by Crippen LogP contribution is 2.42. The van der Waals surface area contributed by atoms with E-state index in [9.17, 15) is 0 Å². The van der Waals surface area contributed by atoms with Crippen molar-refractivity contribution in [2.75, 3.05) is 0 Å². The molecule has 3 aromatic rings. The van der Waals surface area contributed by atoms with Gasteiger partial charge in [0.05, 0.1) is 10.2 Å². The van der Waals surface area contributed by atoms with E-state index in [4.69, 9.17) is 23.2 Å². The maximum Gasteiger partial charge on any atom is 0.127 e. The molecule has 2 aromatic heterocycles. The van der Waals surface area contributed by atoms with Crippen LogP contribution in [-0.4, -0.2) is 20.2 Å². The third-order valence-electron chi connectivity index (χ3n) is 3.98. The maximum absolute atomic E-state index is 6.14. The van der Waals surface area contributed by atoms with Gasteiger partial charge < -0.3 is 0 Å². The van der Waals surface area contributed by atoms with E-state index in [0.29, 0.717) is 16.0 Å². The molecule has 4 nitrogen and oxygen atoms in total. The van der Waals surface area contributed by atoms with E-state index in [1.165, 1.54) is 11.8 Å². The predicted molar refractivity (Wildman–Crippen MR) is 110 cm³/mol. The van der Waals surface area contributed by atoms with Gasteiger partial charge >= 0.3 is 0 Å². The number of aromatic amines is 1. The molecule has 1 atom stereocenters. The minimum atomic E-state index is 0.0725. The molecule has 1 N–H and O–H groups in total. The molecule has 1 unspecified atom stereocenters. The summed E-state index contributed by atoms with van der Waals surface area (Å²) in [6.07, 6.45) is 3.35. The Hall–Kier alpha value is -1.08. The van der Waals surface area contributed by atoms with E-state index >= 15 is 0 Å². The predicted octanol–water partition coefficient (Wildman–Crippen LogP) is 6.52. The highest BCUT2D eigenvalue weighted by molar-refractivity contribution is 9.10. The van der Waals surface area contributed by atoms with Gasteiger partial charge in [-0.2, -0.15) is 5.10 Å². The van der Waals surface area contributed by atoms with E-state index < -0.39 is 0 Å². The number of H-pyrrole nitrogens is 1. The normalized spacial score (nSPS) is 12.6. The van der Waals surface area contributed by atoms with Gasteiger partial charge in [-0.3, -0.25) is 5.10 Å². The van der Waals surface area contributed by atoms with Gasteiger partial charge in [-0.1, -0.05) is 48.8 Å². The Morgan fingerprint density at radius 1 is 1.15 bits per heavy atom. The van der Waals surface area contributed by atoms with Crippen LogP contribution in [0.5, 0.6) is 0 Å². The molecule has 0 aliphatic carbocycles. The fraction of sp³-hybridized carbons (Fsp3) is 0.278. The number of nitrogens with zero attached hydrogens (tertiary/aromatic N) is 3. The quantitative estimate of drug-likeness (QED) is 0.460. The van der Waals surface area contributed by atoms with Crippen molar-refractivity contribution in [2.24, 2.45) is 5.92 Å². The van der Waals surface area contributed by atoms with Crippen LogP contribution in [0.15, 0.2) is 45.1 Å². The van der Waals surface area contributed by atoms with Crippen LogP contribution < -0.4 is 0 Å². The highest BCUT2D eigenvalue weighted by Gasteiger charge is 2.28. The van der Waals surface area contributed by atoms with Gasteiger partial charge in [0.15, 0.2) is 0 Å². The minimum Gasteiger partial charge on any atom is -0.281 e. The molecule has 2 heterocycles. The number of hydrogen-bond acceptors (Lipinski definition) is 4.